The average Bonchev–Trinajstić information content (AvgIpc) is 2.80. The molecule has 0 N–H and O–H groups in total. The van der Waals surface area contributed by atoms with Crippen molar-refractivity contribution in [3.63, 3.8) is 0 Å². The predicted molar refractivity (Wildman–Crippen MR) is 99.3 cm³/mol. The molecular weight excluding hydrogens is 302 g/mol. The number of rotatable bonds is 3. The van der Waals surface area contributed by atoms with Crippen LogP contribution in [-0.2, 0) is 4.74 Å². The van der Waals surface area contributed by atoms with Crippen LogP contribution in [-0.4, -0.2) is 21.7 Å². The smallest absolute Gasteiger partial charge is 0.139 e. The summed E-state index contributed by atoms with van der Waals surface area (Å²) >= 11 is 5.93. The molecule has 2 saturated heterocycles. The predicted octanol–water partition coefficient (Wildman–Crippen LogP) is 5.11. The number of nitrogens with zero attached hydrogens (tertiary/aromatic N) is 1. The molecule has 2 fully saturated rings. The lowest BCUT2D eigenvalue weighted by Gasteiger charge is -2.48. The summed E-state index contributed by atoms with van der Waals surface area (Å²) in [5, 5.41) is 0. The van der Waals surface area contributed by atoms with Gasteiger partial charge in [-0.15, -0.1) is 6.58 Å². The molecule has 4 atom stereocenters. The first-order valence-electron chi connectivity index (χ1n) is 8.50. The molecule has 0 amide bonds. The van der Waals surface area contributed by atoms with Gasteiger partial charge in [0.2, 0.25) is 0 Å². The van der Waals surface area contributed by atoms with Crippen LogP contribution in [0.1, 0.15) is 52.2 Å². The zero-order chi connectivity index (χ0) is 16.8. The number of hydrogen-bond donors (Lipinski definition) is 0. The number of allylic oxidation sites excluding steroid dienone is 1. The molecule has 0 aliphatic carbocycles. The van der Waals surface area contributed by atoms with Gasteiger partial charge in [-0.2, -0.15) is 0 Å². The van der Waals surface area contributed by atoms with E-state index in [0.717, 1.165) is 17.8 Å². The van der Waals surface area contributed by atoms with Gasteiger partial charge in [-0.3, -0.25) is 0 Å². The summed E-state index contributed by atoms with van der Waals surface area (Å²) in [6.07, 6.45) is 4.18. The Morgan fingerprint density at radius 2 is 2.00 bits per heavy atom. The Balaban J connectivity index is 1.93. The van der Waals surface area contributed by atoms with Gasteiger partial charge in [0.05, 0.1) is 11.0 Å². The molecular formula is C20H27NOS. The second-order valence-electron chi connectivity index (χ2n) is 7.69. The summed E-state index contributed by atoms with van der Waals surface area (Å²) in [5.41, 5.74) is 0.964. The zero-order valence-corrected chi connectivity index (χ0v) is 15.4. The second kappa shape index (κ2) is 5.71. The average molecular weight is 330 g/mol. The van der Waals surface area contributed by atoms with E-state index >= 15 is 0 Å². The van der Waals surface area contributed by atoms with Crippen LogP contribution >= 0.6 is 12.2 Å². The van der Waals surface area contributed by atoms with Gasteiger partial charge in [0.25, 0.3) is 0 Å². The minimum Gasteiger partial charge on any atom is -0.346 e. The molecule has 0 spiro atoms. The van der Waals surface area contributed by atoms with Crippen molar-refractivity contribution in [1.82, 2.24) is 4.90 Å². The first kappa shape index (κ1) is 16.7. The van der Waals surface area contributed by atoms with Crippen LogP contribution in [0, 0.1) is 11.3 Å². The highest BCUT2D eigenvalue weighted by Crippen LogP contribution is 2.50. The second-order valence-corrected chi connectivity index (χ2v) is 8.11. The number of benzene rings is 1. The van der Waals surface area contributed by atoms with Crippen LogP contribution in [0.5, 0.6) is 0 Å². The third-order valence-corrected chi connectivity index (χ3v) is 6.20. The van der Waals surface area contributed by atoms with Gasteiger partial charge in [-0.05, 0) is 37.7 Å². The Morgan fingerprint density at radius 3 is 2.61 bits per heavy atom. The van der Waals surface area contributed by atoms with Crippen molar-refractivity contribution in [3.05, 3.63) is 48.6 Å². The summed E-state index contributed by atoms with van der Waals surface area (Å²) in [7, 11) is 0. The first-order valence-corrected chi connectivity index (χ1v) is 8.90. The van der Waals surface area contributed by atoms with Crippen LogP contribution in [0.15, 0.2) is 43.0 Å². The minimum atomic E-state index is -0.287. The Morgan fingerprint density at radius 1 is 1.35 bits per heavy atom. The summed E-state index contributed by atoms with van der Waals surface area (Å²) in [5.74, 6) is 0.351. The van der Waals surface area contributed by atoms with Crippen LogP contribution in [0.2, 0.25) is 0 Å². The summed E-state index contributed by atoms with van der Waals surface area (Å²) in [6, 6.07) is 10.7. The number of piperidine rings is 1. The summed E-state index contributed by atoms with van der Waals surface area (Å²) < 4.78 is 6.53. The Kier molecular flexibility index (Phi) is 4.14. The first-order chi connectivity index (χ1) is 10.8. The maximum atomic E-state index is 6.53. The Bertz CT molecular complexity index is 611. The molecule has 2 aliphatic rings. The lowest BCUT2D eigenvalue weighted by atomic mass is 9.73. The third kappa shape index (κ3) is 2.64. The third-order valence-electron chi connectivity index (χ3n) is 5.72. The largest absolute Gasteiger partial charge is 0.346 e. The molecule has 0 radical (unpaired) electrons. The Labute approximate surface area is 145 Å². The quantitative estimate of drug-likeness (QED) is 0.564. The lowest BCUT2D eigenvalue weighted by molar-refractivity contribution is -0.0888. The Hall–Kier alpha value is -1.19. The minimum absolute atomic E-state index is 0.0168. The highest BCUT2D eigenvalue weighted by molar-refractivity contribution is 7.80. The summed E-state index contributed by atoms with van der Waals surface area (Å²) in [6.45, 7) is 12.9. The molecule has 2 aliphatic heterocycles. The SMILES string of the molecule is C=CC(C)(C)[C@@H]1CC[C@@]2(C)O[C@H](c3ccccc3)[C@H](C)N2C1=S. The van der Waals surface area contributed by atoms with Gasteiger partial charge in [-0.25, -0.2) is 0 Å². The molecule has 2 heterocycles. The topological polar surface area (TPSA) is 12.5 Å². The zero-order valence-electron chi connectivity index (χ0n) is 14.6. The van der Waals surface area contributed by atoms with E-state index in [2.05, 4.69) is 63.4 Å². The van der Waals surface area contributed by atoms with E-state index in [-0.39, 0.29) is 23.3 Å². The van der Waals surface area contributed by atoms with Crippen molar-refractivity contribution in [1.29, 1.82) is 0 Å². The molecule has 0 bridgehead atoms. The molecule has 2 nitrogen and oxygen atoms in total. The van der Waals surface area contributed by atoms with Gasteiger partial charge in [0.1, 0.15) is 11.8 Å². The van der Waals surface area contributed by atoms with Crippen molar-refractivity contribution in [2.75, 3.05) is 0 Å². The van der Waals surface area contributed by atoms with Gasteiger partial charge in [0.15, 0.2) is 0 Å². The van der Waals surface area contributed by atoms with Gasteiger partial charge in [-0.1, -0.05) is 62.5 Å². The van der Waals surface area contributed by atoms with Gasteiger partial charge < -0.3 is 9.64 Å². The van der Waals surface area contributed by atoms with Crippen molar-refractivity contribution >= 4 is 17.2 Å². The van der Waals surface area contributed by atoms with E-state index < -0.39 is 0 Å². The van der Waals surface area contributed by atoms with E-state index in [1.54, 1.807) is 0 Å². The molecule has 1 aromatic carbocycles. The van der Waals surface area contributed by atoms with Crippen molar-refractivity contribution < 1.29 is 4.74 Å². The van der Waals surface area contributed by atoms with Crippen LogP contribution in [0.4, 0.5) is 0 Å². The number of hydrogen-bond acceptors (Lipinski definition) is 2. The van der Waals surface area contributed by atoms with E-state index in [1.807, 2.05) is 12.1 Å². The maximum absolute atomic E-state index is 6.53. The summed E-state index contributed by atoms with van der Waals surface area (Å²) in [4.78, 5) is 3.40. The fourth-order valence-corrected chi connectivity index (χ4v) is 4.91. The van der Waals surface area contributed by atoms with Crippen molar-refractivity contribution in [2.45, 2.75) is 58.4 Å². The van der Waals surface area contributed by atoms with Crippen LogP contribution in [0.3, 0.4) is 0 Å². The fourth-order valence-electron chi connectivity index (χ4n) is 4.13. The maximum Gasteiger partial charge on any atom is 0.139 e. The fraction of sp³-hybridized carbons (Fsp3) is 0.550. The van der Waals surface area contributed by atoms with E-state index in [4.69, 9.17) is 17.0 Å². The van der Waals surface area contributed by atoms with Crippen LogP contribution in [0.25, 0.3) is 0 Å². The molecule has 23 heavy (non-hydrogen) atoms. The standard InChI is InChI=1S/C20H27NOS/c1-6-19(3,4)16-12-13-20(5)21(18(16)23)14(2)17(22-20)15-10-8-7-9-11-15/h6-11,14,16-17H,1,12-13H2,2-5H3/t14-,16+,17-,20+/m0/s1. The lowest BCUT2D eigenvalue weighted by Crippen LogP contribution is -2.56. The van der Waals surface area contributed by atoms with E-state index in [9.17, 15) is 0 Å². The molecule has 3 heteroatoms. The highest BCUT2D eigenvalue weighted by atomic mass is 32.1. The molecule has 0 aromatic heterocycles. The van der Waals surface area contributed by atoms with E-state index in [0.29, 0.717) is 5.92 Å². The molecule has 3 rings (SSSR count). The highest BCUT2D eigenvalue weighted by Gasteiger charge is 2.54. The molecule has 1 aromatic rings. The van der Waals surface area contributed by atoms with Gasteiger partial charge in [0, 0.05) is 5.92 Å². The van der Waals surface area contributed by atoms with Crippen LogP contribution < -0.4 is 0 Å². The number of fused-ring (bicyclic) bond motifs is 1. The monoisotopic (exact) mass is 329 g/mol. The normalized spacial score (nSPS) is 34.3. The van der Waals surface area contributed by atoms with Crippen molar-refractivity contribution in [2.24, 2.45) is 11.3 Å². The molecule has 0 unspecified atom stereocenters. The number of ether oxygens (including phenoxy) is 1. The van der Waals surface area contributed by atoms with E-state index in [1.165, 1.54) is 5.56 Å². The number of thiocarbonyl (C=S) groups is 1. The molecule has 0 saturated carbocycles. The van der Waals surface area contributed by atoms with Gasteiger partial charge >= 0.3 is 0 Å². The molecule has 124 valence electrons. The van der Waals surface area contributed by atoms with Crippen molar-refractivity contribution in [3.8, 4) is 0 Å².